The number of hydrogen-bond acceptors (Lipinski definition) is 5. The second-order valence-electron chi connectivity index (χ2n) is 7.55. The Hall–Kier alpha value is -1.41. The van der Waals surface area contributed by atoms with E-state index in [1.165, 1.54) is 6.26 Å². The van der Waals surface area contributed by atoms with Gasteiger partial charge in [-0.2, -0.15) is 5.10 Å². The van der Waals surface area contributed by atoms with Crippen molar-refractivity contribution < 1.29 is 13.2 Å². The number of nitrogens with zero attached hydrogens (tertiary/aromatic N) is 4. The highest BCUT2D eigenvalue weighted by atomic mass is 32.2. The maximum absolute atomic E-state index is 12.7. The maximum atomic E-state index is 12.7. The number of rotatable bonds is 4. The molecule has 0 N–H and O–H groups in total. The molecule has 0 spiro atoms. The molecule has 2 heterocycles. The van der Waals surface area contributed by atoms with Crippen LogP contribution in [0.25, 0.3) is 0 Å². The molecule has 2 rings (SSSR count). The molecule has 8 heteroatoms. The van der Waals surface area contributed by atoms with E-state index in [0.29, 0.717) is 38.4 Å². The molecule has 0 bridgehead atoms. The summed E-state index contributed by atoms with van der Waals surface area (Å²) in [7, 11) is -1.15. The topological polar surface area (TPSA) is 75.5 Å². The number of piperazine rings is 1. The molecule has 7 nitrogen and oxygen atoms in total. The summed E-state index contributed by atoms with van der Waals surface area (Å²) in [5, 5.41) is 4.46. The fraction of sp³-hybridized carbons (Fsp3) is 0.750. The van der Waals surface area contributed by atoms with Crippen LogP contribution in [0.5, 0.6) is 0 Å². The molecular weight excluding hydrogens is 328 g/mol. The Morgan fingerprint density at radius 1 is 1.21 bits per heavy atom. The van der Waals surface area contributed by atoms with E-state index in [0.717, 1.165) is 5.69 Å². The monoisotopic (exact) mass is 356 g/mol. The number of aromatic nitrogens is 2. The van der Waals surface area contributed by atoms with Crippen LogP contribution in [-0.2, 0) is 22.3 Å². The van der Waals surface area contributed by atoms with E-state index in [9.17, 15) is 13.2 Å². The molecule has 1 aliphatic rings. The summed E-state index contributed by atoms with van der Waals surface area (Å²) in [6.45, 7) is 9.37. The Bertz CT molecular complexity index is 695. The summed E-state index contributed by atoms with van der Waals surface area (Å²) in [4.78, 5) is 16.6. The third-order valence-electron chi connectivity index (χ3n) is 4.31. The minimum absolute atomic E-state index is 0.0109. The summed E-state index contributed by atoms with van der Waals surface area (Å²) in [6, 6.07) is 1.87. The third-order valence-corrected chi connectivity index (χ3v) is 5.23. The zero-order valence-electron chi connectivity index (χ0n) is 15.2. The molecule has 0 saturated carbocycles. The summed E-state index contributed by atoms with van der Waals surface area (Å²) in [5.41, 5.74) is 1.41. The molecule has 24 heavy (non-hydrogen) atoms. The van der Waals surface area contributed by atoms with Gasteiger partial charge in [0.15, 0.2) is 0 Å². The number of amides is 1. The van der Waals surface area contributed by atoms with Crippen LogP contribution in [0.15, 0.2) is 6.07 Å². The van der Waals surface area contributed by atoms with Gasteiger partial charge >= 0.3 is 0 Å². The first-order chi connectivity index (χ1) is 11.0. The number of sulfone groups is 1. The minimum atomic E-state index is -2.95. The van der Waals surface area contributed by atoms with Crippen LogP contribution in [0.1, 0.15) is 37.0 Å². The summed E-state index contributed by atoms with van der Waals surface area (Å²) >= 11 is 0. The van der Waals surface area contributed by atoms with Crippen molar-refractivity contribution in [2.75, 3.05) is 44.7 Å². The van der Waals surface area contributed by atoms with Gasteiger partial charge in [-0.3, -0.25) is 14.4 Å². The normalized spacial score (nSPS) is 17.3. The first-order valence-corrected chi connectivity index (χ1v) is 10.3. The fourth-order valence-corrected chi connectivity index (χ4v) is 3.26. The Morgan fingerprint density at radius 3 is 2.25 bits per heavy atom. The molecule has 1 fully saturated rings. The summed E-state index contributed by atoms with van der Waals surface area (Å²) < 4.78 is 24.2. The van der Waals surface area contributed by atoms with E-state index in [2.05, 4.69) is 30.8 Å². The van der Waals surface area contributed by atoms with Crippen LogP contribution in [-0.4, -0.2) is 78.6 Å². The average Bonchev–Trinajstić information content (AvgIpc) is 2.86. The molecule has 1 aliphatic heterocycles. The second-order valence-corrected chi connectivity index (χ2v) is 9.81. The van der Waals surface area contributed by atoms with Crippen molar-refractivity contribution in [3.05, 3.63) is 17.5 Å². The van der Waals surface area contributed by atoms with Gasteiger partial charge in [0.05, 0.1) is 11.4 Å². The molecule has 1 amide bonds. The van der Waals surface area contributed by atoms with Gasteiger partial charge < -0.3 is 4.90 Å². The Kier molecular flexibility index (Phi) is 5.39. The summed E-state index contributed by atoms with van der Waals surface area (Å²) in [5.74, 6) is 0.153. The molecule has 136 valence electrons. The Balaban J connectivity index is 1.97. The van der Waals surface area contributed by atoms with Crippen LogP contribution < -0.4 is 0 Å². The lowest BCUT2D eigenvalue weighted by molar-refractivity contribution is 0.0633. The zero-order valence-corrected chi connectivity index (χ0v) is 16.1. The van der Waals surface area contributed by atoms with Crippen LogP contribution in [0, 0.1) is 0 Å². The second kappa shape index (κ2) is 6.84. The zero-order chi connectivity index (χ0) is 18.1. The van der Waals surface area contributed by atoms with Gasteiger partial charge in [0, 0.05) is 51.4 Å². The third kappa shape index (κ3) is 4.80. The van der Waals surface area contributed by atoms with Crippen molar-refractivity contribution >= 4 is 15.7 Å². The molecule has 1 aromatic rings. The molecule has 0 aromatic carbocycles. The van der Waals surface area contributed by atoms with Gasteiger partial charge in [0.2, 0.25) is 0 Å². The van der Waals surface area contributed by atoms with E-state index in [-0.39, 0.29) is 17.1 Å². The lowest BCUT2D eigenvalue weighted by Gasteiger charge is -2.34. The van der Waals surface area contributed by atoms with Gasteiger partial charge in [-0.1, -0.05) is 20.8 Å². The predicted octanol–water partition coefficient (Wildman–Crippen LogP) is 0.520. The molecule has 1 aromatic heterocycles. The Labute approximate surface area is 144 Å². The van der Waals surface area contributed by atoms with Crippen LogP contribution in [0.4, 0.5) is 0 Å². The lowest BCUT2D eigenvalue weighted by Crippen LogP contribution is -2.49. The lowest BCUT2D eigenvalue weighted by atomic mass is 9.92. The average molecular weight is 356 g/mol. The van der Waals surface area contributed by atoms with Gasteiger partial charge in [0.25, 0.3) is 5.91 Å². The van der Waals surface area contributed by atoms with E-state index in [4.69, 9.17) is 0 Å². The van der Waals surface area contributed by atoms with E-state index in [1.54, 1.807) is 11.7 Å². The summed E-state index contributed by atoms with van der Waals surface area (Å²) in [6.07, 6.45) is 1.25. The number of aryl methyl sites for hydroxylation is 1. The van der Waals surface area contributed by atoms with Crippen molar-refractivity contribution in [1.29, 1.82) is 0 Å². The molecule has 0 radical (unpaired) electrons. The fourth-order valence-electron chi connectivity index (χ4n) is 2.67. The van der Waals surface area contributed by atoms with Gasteiger partial charge in [-0.15, -0.1) is 0 Å². The minimum Gasteiger partial charge on any atom is -0.335 e. The molecular formula is C16H28N4O3S. The first-order valence-electron chi connectivity index (χ1n) is 8.21. The molecule has 1 saturated heterocycles. The van der Waals surface area contributed by atoms with Crippen molar-refractivity contribution in [2.45, 2.75) is 26.2 Å². The number of carbonyl (C=O) groups is 1. The highest BCUT2D eigenvalue weighted by Crippen LogP contribution is 2.22. The van der Waals surface area contributed by atoms with E-state index < -0.39 is 9.84 Å². The highest BCUT2D eigenvalue weighted by Gasteiger charge is 2.27. The van der Waals surface area contributed by atoms with Crippen molar-refractivity contribution in [3.8, 4) is 0 Å². The van der Waals surface area contributed by atoms with Crippen molar-refractivity contribution in [1.82, 2.24) is 19.6 Å². The van der Waals surface area contributed by atoms with Crippen LogP contribution in [0.2, 0.25) is 0 Å². The van der Waals surface area contributed by atoms with Crippen LogP contribution >= 0.6 is 0 Å². The van der Waals surface area contributed by atoms with Gasteiger partial charge in [-0.05, 0) is 6.07 Å². The quantitative estimate of drug-likeness (QED) is 0.786. The number of hydrogen-bond donors (Lipinski definition) is 0. The van der Waals surface area contributed by atoms with Crippen molar-refractivity contribution in [3.63, 3.8) is 0 Å². The van der Waals surface area contributed by atoms with Crippen molar-refractivity contribution in [2.24, 2.45) is 7.05 Å². The molecule has 0 atom stereocenters. The standard InChI is InChI=1S/C16H28N4O3S/c1-16(2,3)14-12-13(18(4)17-14)15(21)20-8-6-19(7-9-20)10-11-24(5,22)23/h12H,6-11H2,1-5H3. The van der Waals surface area contributed by atoms with Crippen LogP contribution in [0.3, 0.4) is 0 Å². The predicted molar refractivity (Wildman–Crippen MR) is 94.0 cm³/mol. The van der Waals surface area contributed by atoms with E-state index >= 15 is 0 Å². The number of carbonyl (C=O) groups excluding carboxylic acids is 1. The van der Waals surface area contributed by atoms with E-state index in [1.807, 2.05) is 11.0 Å². The Morgan fingerprint density at radius 2 is 1.79 bits per heavy atom. The van der Waals surface area contributed by atoms with Gasteiger partial charge in [0.1, 0.15) is 15.5 Å². The highest BCUT2D eigenvalue weighted by molar-refractivity contribution is 7.90. The largest absolute Gasteiger partial charge is 0.335 e. The SMILES string of the molecule is Cn1nc(C(C)(C)C)cc1C(=O)N1CCN(CCS(C)(=O)=O)CC1. The molecule has 0 aliphatic carbocycles. The molecule has 0 unspecified atom stereocenters. The maximum Gasteiger partial charge on any atom is 0.272 e. The first kappa shape index (κ1) is 18.9. The van der Waals surface area contributed by atoms with Gasteiger partial charge in [-0.25, -0.2) is 8.42 Å². The smallest absolute Gasteiger partial charge is 0.272 e.